The third-order valence-electron chi connectivity index (χ3n) is 26.7. The van der Waals surface area contributed by atoms with Gasteiger partial charge in [0.1, 0.15) is 99.1 Å². The molecule has 0 radical (unpaired) electrons. The number of methoxy groups -OCH3 is 3. The van der Waals surface area contributed by atoms with Gasteiger partial charge in [0.2, 0.25) is 47.2 Å². The number of carboxylic acid groups (broad SMARTS) is 2. The van der Waals surface area contributed by atoms with Gasteiger partial charge in [0.25, 0.3) is 5.91 Å². The van der Waals surface area contributed by atoms with Crippen molar-refractivity contribution >= 4 is 136 Å². The van der Waals surface area contributed by atoms with E-state index < -0.39 is 208 Å². The number of aromatic nitrogens is 6. The molecule has 828 valence electrons. The van der Waals surface area contributed by atoms with E-state index in [1.54, 1.807) is 215 Å². The van der Waals surface area contributed by atoms with Crippen molar-refractivity contribution in [3.63, 3.8) is 0 Å². The predicted molar refractivity (Wildman–Crippen MR) is 547 cm³/mol. The summed E-state index contributed by atoms with van der Waals surface area (Å²) in [6.07, 6.45) is 5.26. The van der Waals surface area contributed by atoms with Crippen LogP contribution in [0.2, 0.25) is 5.15 Å². The highest BCUT2D eigenvalue weighted by Gasteiger charge is 2.65. The molecule has 0 bridgehead atoms. The van der Waals surface area contributed by atoms with Crippen molar-refractivity contribution < 1.29 is 136 Å². The number of carbonyl (C=O) groups excluding carboxylic acids is 10. The first-order valence-electron chi connectivity index (χ1n) is 49.7. The van der Waals surface area contributed by atoms with Gasteiger partial charge in [-0.25, -0.2) is 38.0 Å². The van der Waals surface area contributed by atoms with Gasteiger partial charge in [0, 0.05) is 58.1 Å². The van der Waals surface area contributed by atoms with E-state index in [-0.39, 0.29) is 74.8 Å². The van der Waals surface area contributed by atoms with Crippen LogP contribution in [-0.2, 0) is 86.3 Å². The van der Waals surface area contributed by atoms with Crippen LogP contribution >= 0.6 is 11.6 Å². The normalized spacial score (nSPS) is 23.9. The number of hydrogen-bond donors (Lipinski definition) is 11. The molecule has 3 aromatic heterocycles. The summed E-state index contributed by atoms with van der Waals surface area (Å²) in [5.74, 6) is -4.96. The molecule has 3 aromatic carbocycles. The highest BCUT2D eigenvalue weighted by molar-refractivity contribution is 7.85. The van der Waals surface area contributed by atoms with Crippen molar-refractivity contribution in [3.8, 4) is 29.0 Å². The van der Waals surface area contributed by atoms with Crippen molar-refractivity contribution in [2.75, 3.05) is 41.0 Å². The number of nitrogens with two attached hydrogens (primary N) is 1. The molecule has 46 nitrogen and oxygen atoms in total. The van der Waals surface area contributed by atoms with E-state index >= 15 is 0 Å². The summed E-state index contributed by atoms with van der Waals surface area (Å²) in [4.78, 5) is 163. The Morgan fingerprint density at radius 1 is 0.453 bits per heavy atom. The number of carboxylic acids is 2. The number of aliphatic hydroxyl groups excluding tert-OH is 1. The Hall–Kier alpha value is -12.3. The van der Waals surface area contributed by atoms with E-state index in [0.717, 1.165) is 34.7 Å². The number of likely N-dealkylation sites (tertiary alicyclic amines) is 3. The predicted octanol–water partition coefficient (Wildman–Crippen LogP) is 9.74. The number of nitrogens with one attached hydrogen (secondary N) is 7. The summed E-state index contributed by atoms with van der Waals surface area (Å²) >= 11 is 5.84. The van der Waals surface area contributed by atoms with Crippen molar-refractivity contribution in [3.05, 3.63) is 78.3 Å². The molecule has 49 heteroatoms. The number of aliphatic hydroxyl groups is 1. The van der Waals surface area contributed by atoms with Crippen LogP contribution in [0.5, 0.6) is 29.0 Å². The van der Waals surface area contributed by atoms with Crippen molar-refractivity contribution in [2.45, 2.75) is 342 Å². The van der Waals surface area contributed by atoms with Gasteiger partial charge in [-0.15, -0.1) is 15.3 Å². The average Bonchev–Trinajstić information content (AvgIpc) is 1.58. The lowest BCUT2D eigenvalue weighted by Crippen LogP contribution is -2.60. The Morgan fingerprint density at radius 2 is 0.760 bits per heavy atom. The molecular formula is C101H146ClN17O29S2. The Kier molecular flexibility index (Phi) is 36.8. The van der Waals surface area contributed by atoms with Crippen LogP contribution in [0.4, 0.5) is 14.4 Å². The first-order chi connectivity index (χ1) is 69.3. The van der Waals surface area contributed by atoms with Gasteiger partial charge in [0.05, 0.1) is 70.3 Å². The van der Waals surface area contributed by atoms with Crippen LogP contribution in [-0.4, -0.2) is 289 Å². The van der Waals surface area contributed by atoms with Gasteiger partial charge in [-0.1, -0.05) is 114 Å². The van der Waals surface area contributed by atoms with E-state index in [4.69, 9.17) is 53.7 Å². The molecule has 6 heterocycles. The first-order valence-corrected chi connectivity index (χ1v) is 53.0. The zero-order chi connectivity index (χ0) is 112. The lowest BCUT2D eigenvalue weighted by Gasteiger charge is -2.36. The number of aliphatic carboxylic acids is 2. The number of halogens is 1. The molecule has 8 aliphatic rings. The summed E-state index contributed by atoms with van der Waals surface area (Å²) in [5.41, 5.74) is -10.3. The monoisotopic (exact) mass is 2160 g/mol. The number of carbonyl (C=O) groups is 12. The quantitative estimate of drug-likeness (QED) is 0.0187. The van der Waals surface area contributed by atoms with E-state index in [1.165, 1.54) is 14.7 Å². The fourth-order valence-corrected chi connectivity index (χ4v) is 19.9. The van der Waals surface area contributed by atoms with Crippen LogP contribution in [0, 0.1) is 34.0 Å². The largest absolute Gasteiger partial charge is 0.497 e. The number of β-amino-alcohol motifs (C(OH)–C–C–N with tert-alkyl or cyclic N) is 1. The molecule has 3 saturated heterocycles. The third-order valence-corrected chi connectivity index (χ3v) is 28.7. The maximum absolute atomic E-state index is 14.5. The molecule has 5 aliphatic carbocycles. The van der Waals surface area contributed by atoms with Crippen LogP contribution < -0.4 is 65.4 Å². The number of alkyl carbamates (subject to hydrolysis) is 3. The molecule has 14 rings (SSSR count). The van der Waals surface area contributed by atoms with Crippen LogP contribution in [0.1, 0.15) is 243 Å². The number of hydrogen-bond acceptors (Lipinski definition) is 33. The van der Waals surface area contributed by atoms with E-state index in [1.807, 2.05) is 43.7 Å². The Bertz CT molecular complexity index is 6260. The molecular weight excluding hydrogens is 2010 g/mol. The zero-order valence-electron chi connectivity index (χ0n) is 89.9. The van der Waals surface area contributed by atoms with Gasteiger partial charge in [-0.05, 0) is 210 Å². The second-order valence-electron chi connectivity index (χ2n) is 45.9. The van der Waals surface area contributed by atoms with Crippen molar-refractivity contribution in [1.29, 1.82) is 0 Å². The van der Waals surface area contributed by atoms with Crippen LogP contribution in [0.3, 0.4) is 0 Å². The molecule has 10 amide bonds. The number of fused-ring (bicyclic) bond motifs is 3. The highest BCUT2D eigenvalue weighted by atomic mass is 35.5. The molecule has 5 saturated carbocycles. The standard InChI is InChI=1S/C35H50N6O10S.C31H43N5O8.C22H37N3O7.C9H7ClN2O.C4H9NO3S/c1-10-21-17-35(21,30(44)40-52(46,47)51-34(8)13-14-34)38-27(42)25-16-23(49-28-24-12-11-22(48-9)15-20(24)18-36-39-28)19-41(25)29(43)26(32(2,3)4)37-31(45)50-33(5,6)7;1-9-18-14-31(18,27(39)40)34-24(37)22-13-20(43-25-21-11-10-19(42-8)12-17(21)15-32-35-25)16-36(22)26(38)23(29(2,3)4)33-28(41)44-30(5,6)7;1-8-12-10-22(12,18(29)30)24-16(27)14-9-13(26)11-25(14)17(28)15(20(2,3)4)23-19(31)32-21(5,6)7;1-13-7-2-3-8-6(4-7)5-11-12-9(8)10;1-4(2-3-4)8-9(5,6)7/h11-12,15,18,21,23,25-26H,10,13-14,16-17,19H2,1-9H3,(H,37,45)(H,38,42)(H,40,44);10-12,15,18,20,22-23H,9,13-14,16H2,1-8H3,(H,33,41)(H,34,37)(H,39,40);12-15,26H,8-11H2,1-7H3,(H,23,31)(H,24,27)(H,29,30);2-5H,1H3;2-3H2,1H3,(H2,5,6,7)/t21-,23-,25+,26-,35-;18-,20-,22+,23-,31-;12-,13-,14+,15-,22-;;/m111../s1. The minimum Gasteiger partial charge on any atom is -0.497 e. The molecule has 8 fully saturated rings. The van der Waals surface area contributed by atoms with Gasteiger partial charge < -0.3 is 99.8 Å². The van der Waals surface area contributed by atoms with Gasteiger partial charge in [0.15, 0.2) is 5.15 Å². The number of benzene rings is 3. The minimum absolute atomic E-state index is 0.00658. The minimum atomic E-state index is -4.46. The van der Waals surface area contributed by atoms with Crippen molar-refractivity contribution in [2.24, 2.45) is 39.1 Å². The first kappa shape index (κ1) is 120. The fraction of sp³-hybridized carbons (Fsp3) is 0.644. The molecule has 6 aromatic rings. The molecule has 150 heavy (non-hydrogen) atoms. The zero-order valence-corrected chi connectivity index (χ0v) is 92.3. The van der Waals surface area contributed by atoms with Gasteiger partial charge in [-0.2, -0.15) is 32.1 Å². The maximum atomic E-state index is 14.5. The Morgan fingerprint density at radius 3 is 1.06 bits per heavy atom. The van der Waals surface area contributed by atoms with E-state index in [9.17, 15) is 89.7 Å². The van der Waals surface area contributed by atoms with E-state index in [2.05, 4.69) is 71.8 Å². The number of amides is 10. The second kappa shape index (κ2) is 46.1. The topological polar surface area (TPSA) is 623 Å². The van der Waals surface area contributed by atoms with Gasteiger partial charge in [-0.3, -0.25) is 37.7 Å². The summed E-state index contributed by atoms with van der Waals surface area (Å²) in [7, 11) is -3.45. The van der Waals surface area contributed by atoms with Crippen molar-refractivity contribution in [1.82, 2.24) is 81.9 Å². The molecule has 0 spiro atoms. The summed E-state index contributed by atoms with van der Waals surface area (Å²) in [6.45, 7) is 40.1. The second-order valence-corrected chi connectivity index (χ2v) is 48.6. The van der Waals surface area contributed by atoms with Crippen LogP contribution in [0.25, 0.3) is 32.3 Å². The highest BCUT2D eigenvalue weighted by Crippen LogP contribution is 2.50. The fourth-order valence-electron chi connectivity index (χ4n) is 17.8. The summed E-state index contributed by atoms with van der Waals surface area (Å²) < 4.78 is 102. The smallest absolute Gasteiger partial charge is 0.408 e. The van der Waals surface area contributed by atoms with E-state index in [0.29, 0.717) is 77.8 Å². The molecule has 3 aliphatic heterocycles. The molecule has 15 atom stereocenters. The number of rotatable bonds is 30. The summed E-state index contributed by atoms with van der Waals surface area (Å²) in [5, 5.41) is 79.3. The van der Waals surface area contributed by atoms with Crippen LogP contribution in [0.15, 0.2) is 73.2 Å². The van der Waals surface area contributed by atoms with Gasteiger partial charge >= 0.3 is 50.8 Å². The SMILES string of the molecule is CC1(OS(N)(=O)=O)CC1.CC[C@@H]1C[C@]1(NC(=O)[C@@H]1C[C@@H](O)CN1C(=O)[C@@H](NC(=O)OC(C)(C)C)C(C)(C)C)C(=O)O.CC[C@@H]1C[C@]1(NC(=O)[C@@H]1C[C@@H](Oc2nncc3cc(OC)ccc23)CN1C(=O)[C@@H](NC(=O)OC(C)(C)C)C(C)(C)C)C(=O)NS(=O)(=O)OC1(C)CC1.CC[C@@H]1C[C@]1(NC(=O)[C@@H]1C[C@@H](Oc2nncc3cc(OC)ccc23)CN1C(=O)[C@@H](NC(=O)OC(C)(C)C)C(C)(C)C)C(=O)O.COc1ccc2c(Cl)nncc2c1. The lowest BCUT2D eigenvalue weighted by atomic mass is 9.85. The number of ether oxygens (including phenoxy) is 8. The average molecular weight is 2160 g/mol. The molecule has 12 N–H and O–H groups in total. The third kappa shape index (κ3) is 31.3. The number of nitrogens with zero attached hydrogens (tertiary/aromatic N) is 9. The Balaban J connectivity index is 0.000000211. The summed E-state index contributed by atoms with van der Waals surface area (Å²) in [6, 6.07) is 9.73. The lowest BCUT2D eigenvalue weighted by molar-refractivity contribution is -0.146. The Labute approximate surface area is 878 Å². The molecule has 0 unspecified atom stereocenters. The maximum Gasteiger partial charge on any atom is 0.408 e.